The maximum absolute atomic E-state index is 4.46. The highest BCUT2D eigenvalue weighted by molar-refractivity contribution is 5.64. The summed E-state index contributed by atoms with van der Waals surface area (Å²) in [7, 11) is 0. The van der Waals surface area contributed by atoms with Gasteiger partial charge < -0.3 is 4.98 Å². The second-order valence-corrected chi connectivity index (χ2v) is 4.78. The van der Waals surface area contributed by atoms with E-state index in [2.05, 4.69) is 30.2 Å². The lowest BCUT2D eigenvalue weighted by Gasteiger charge is -2.02. The fraction of sp³-hybridized carbons (Fsp3) is 0.235. The van der Waals surface area contributed by atoms with Crippen LogP contribution in [0, 0.1) is 0 Å². The molecular formula is C17H21N3. The molecule has 0 aliphatic heterocycles. The number of allylic oxidation sites excluding steroid dienone is 3. The molecule has 2 aromatic heterocycles. The Hall–Kier alpha value is -2.29. The minimum atomic E-state index is 0.891. The van der Waals surface area contributed by atoms with E-state index in [-0.39, 0.29) is 0 Å². The van der Waals surface area contributed by atoms with Crippen LogP contribution < -0.4 is 10.6 Å². The molecule has 0 saturated heterocycles. The van der Waals surface area contributed by atoms with Crippen LogP contribution in [0.1, 0.15) is 32.3 Å². The van der Waals surface area contributed by atoms with E-state index in [4.69, 9.17) is 0 Å². The molecule has 2 aromatic rings. The normalized spacial score (nSPS) is 12.9. The van der Waals surface area contributed by atoms with Gasteiger partial charge in [-0.3, -0.25) is 0 Å². The van der Waals surface area contributed by atoms with Crippen LogP contribution in [0.3, 0.4) is 0 Å². The Bertz CT molecular complexity index is 728. The zero-order valence-electron chi connectivity index (χ0n) is 12.2. The predicted molar refractivity (Wildman–Crippen MR) is 85.4 cm³/mol. The number of nitrogens with one attached hydrogen (secondary N) is 1. The van der Waals surface area contributed by atoms with Crippen LogP contribution in [0.4, 0.5) is 0 Å². The summed E-state index contributed by atoms with van der Waals surface area (Å²) in [5.41, 5.74) is 3.23. The van der Waals surface area contributed by atoms with Gasteiger partial charge in [0, 0.05) is 28.5 Å². The maximum atomic E-state index is 4.46. The molecule has 2 rings (SSSR count). The first kappa shape index (κ1) is 14.1. The summed E-state index contributed by atoms with van der Waals surface area (Å²) in [4.78, 5) is 3.10. The predicted octanol–water partition coefficient (Wildman–Crippen LogP) is 2.67. The molecule has 20 heavy (non-hydrogen) atoms. The van der Waals surface area contributed by atoms with E-state index in [0.717, 1.165) is 40.2 Å². The zero-order valence-corrected chi connectivity index (χ0v) is 12.2. The highest BCUT2D eigenvalue weighted by Crippen LogP contribution is 2.17. The van der Waals surface area contributed by atoms with E-state index in [1.54, 1.807) is 0 Å². The van der Waals surface area contributed by atoms with Crippen LogP contribution >= 0.6 is 0 Å². The molecule has 1 N–H and O–H groups in total. The number of rotatable bonds is 5. The Morgan fingerprint density at radius 1 is 1.50 bits per heavy atom. The van der Waals surface area contributed by atoms with E-state index in [1.807, 2.05) is 48.4 Å². The van der Waals surface area contributed by atoms with Gasteiger partial charge in [0.25, 0.3) is 0 Å². The first-order valence-corrected chi connectivity index (χ1v) is 6.90. The van der Waals surface area contributed by atoms with Crippen LogP contribution in [-0.2, 0) is 0 Å². The van der Waals surface area contributed by atoms with Gasteiger partial charge in [-0.15, -0.1) is 0 Å². The molecule has 0 radical (unpaired) electrons. The molecule has 0 saturated carbocycles. The molecule has 3 nitrogen and oxygen atoms in total. The SMILES string of the molecule is C=C(CCC)c1cnn(C(/C=C\C)=c2\cc[nH]c2=C)c1. The number of aromatic amines is 1. The first-order valence-electron chi connectivity index (χ1n) is 6.90. The van der Waals surface area contributed by atoms with Crippen molar-refractivity contribution in [1.82, 2.24) is 14.8 Å². The number of nitrogens with zero attached hydrogens (tertiary/aromatic N) is 2. The summed E-state index contributed by atoms with van der Waals surface area (Å²) in [5.74, 6) is 0. The highest BCUT2D eigenvalue weighted by atomic mass is 15.3. The van der Waals surface area contributed by atoms with Crippen LogP contribution in [0.25, 0.3) is 17.8 Å². The molecule has 0 spiro atoms. The third-order valence-corrected chi connectivity index (χ3v) is 3.22. The summed E-state index contributed by atoms with van der Waals surface area (Å²) >= 11 is 0. The Labute approximate surface area is 119 Å². The largest absolute Gasteiger partial charge is 0.362 e. The monoisotopic (exact) mass is 267 g/mol. The molecule has 0 aromatic carbocycles. The van der Waals surface area contributed by atoms with E-state index in [9.17, 15) is 0 Å². The van der Waals surface area contributed by atoms with Gasteiger partial charge in [0.15, 0.2) is 0 Å². The average molecular weight is 267 g/mol. The highest BCUT2D eigenvalue weighted by Gasteiger charge is 2.05. The average Bonchev–Trinajstić information content (AvgIpc) is 3.05. The fourth-order valence-corrected chi connectivity index (χ4v) is 2.17. The van der Waals surface area contributed by atoms with E-state index in [0.29, 0.717) is 0 Å². The second kappa shape index (κ2) is 6.24. The van der Waals surface area contributed by atoms with Gasteiger partial charge in [-0.25, -0.2) is 4.68 Å². The third kappa shape index (κ3) is 2.82. The molecule has 0 atom stereocenters. The maximum Gasteiger partial charge on any atom is 0.0736 e. The molecule has 0 aliphatic rings. The molecule has 3 heteroatoms. The van der Waals surface area contributed by atoms with Crippen molar-refractivity contribution in [3.63, 3.8) is 0 Å². The quantitative estimate of drug-likeness (QED) is 0.888. The van der Waals surface area contributed by atoms with Crippen LogP contribution in [0.2, 0.25) is 0 Å². The molecule has 0 bridgehead atoms. The summed E-state index contributed by atoms with van der Waals surface area (Å²) in [5, 5.41) is 6.41. The Kier molecular flexibility index (Phi) is 4.41. The molecule has 2 heterocycles. The van der Waals surface area contributed by atoms with E-state index in [1.165, 1.54) is 0 Å². The van der Waals surface area contributed by atoms with E-state index < -0.39 is 0 Å². The van der Waals surface area contributed by atoms with Crippen molar-refractivity contribution >= 4 is 17.8 Å². The minimum Gasteiger partial charge on any atom is -0.362 e. The van der Waals surface area contributed by atoms with Gasteiger partial charge in [-0.2, -0.15) is 5.10 Å². The number of H-pyrrole nitrogens is 1. The van der Waals surface area contributed by atoms with Gasteiger partial charge in [-0.05, 0) is 31.1 Å². The smallest absolute Gasteiger partial charge is 0.0736 e. The molecule has 0 amide bonds. The minimum absolute atomic E-state index is 0.891. The van der Waals surface area contributed by atoms with E-state index >= 15 is 0 Å². The summed E-state index contributed by atoms with van der Waals surface area (Å²) in [6, 6.07) is 2.01. The molecule has 0 aliphatic carbocycles. The molecule has 0 unspecified atom stereocenters. The number of hydrogen-bond acceptors (Lipinski definition) is 1. The summed E-state index contributed by atoms with van der Waals surface area (Å²) in [6.45, 7) is 12.3. The Balaban J connectivity index is 2.51. The van der Waals surface area contributed by atoms with Gasteiger partial charge >= 0.3 is 0 Å². The van der Waals surface area contributed by atoms with Crippen molar-refractivity contribution in [2.45, 2.75) is 26.7 Å². The first-order chi connectivity index (χ1) is 9.67. The Morgan fingerprint density at radius 2 is 2.30 bits per heavy atom. The van der Waals surface area contributed by atoms with Crippen LogP contribution in [-0.4, -0.2) is 14.8 Å². The zero-order chi connectivity index (χ0) is 14.5. The lowest BCUT2D eigenvalue weighted by molar-refractivity contribution is 0.903. The van der Waals surface area contributed by atoms with Crippen molar-refractivity contribution < 1.29 is 0 Å². The lowest BCUT2D eigenvalue weighted by atomic mass is 10.1. The van der Waals surface area contributed by atoms with Gasteiger partial charge in [0.05, 0.1) is 11.9 Å². The van der Waals surface area contributed by atoms with Crippen molar-refractivity contribution in [1.29, 1.82) is 0 Å². The standard InChI is InChI=1S/C17H21N3/c1-5-7-13(3)15-11-19-20(12-15)17(8-6-2)16-9-10-18-14(16)4/h6,8-12,18H,3-5,7H2,1-2H3/b8-6-,17-16+. The molecular weight excluding hydrogens is 246 g/mol. The van der Waals surface area contributed by atoms with Crippen LogP contribution in [0.5, 0.6) is 0 Å². The molecule has 0 fully saturated rings. The number of aromatic nitrogens is 3. The Morgan fingerprint density at radius 3 is 2.90 bits per heavy atom. The van der Waals surface area contributed by atoms with Gasteiger partial charge in [0.1, 0.15) is 0 Å². The van der Waals surface area contributed by atoms with Gasteiger partial charge in [0.2, 0.25) is 0 Å². The summed E-state index contributed by atoms with van der Waals surface area (Å²) < 4.78 is 1.88. The topological polar surface area (TPSA) is 33.6 Å². The second-order valence-electron chi connectivity index (χ2n) is 4.78. The third-order valence-electron chi connectivity index (χ3n) is 3.22. The van der Waals surface area contributed by atoms with Crippen molar-refractivity contribution in [3.05, 3.63) is 59.5 Å². The fourth-order valence-electron chi connectivity index (χ4n) is 2.17. The van der Waals surface area contributed by atoms with Crippen LogP contribution in [0.15, 0.2) is 43.4 Å². The number of hydrogen-bond donors (Lipinski definition) is 1. The molecule has 104 valence electrons. The van der Waals surface area contributed by atoms with Crippen molar-refractivity contribution in [2.24, 2.45) is 0 Å². The lowest BCUT2D eigenvalue weighted by Crippen LogP contribution is -2.25. The van der Waals surface area contributed by atoms with Gasteiger partial charge in [-0.1, -0.05) is 32.6 Å². The van der Waals surface area contributed by atoms with Crippen molar-refractivity contribution in [3.8, 4) is 0 Å². The van der Waals surface area contributed by atoms with Crippen molar-refractivity contribution in [2.75, 3.05) is 0 Å². The summed E-state index contributed by atoms with van der Waals surface area (Å²) in [6.07, 6.45) is 11.9.